The van der Waals surface area contributed by atoms with Crippen LogP contribution in [0.25, 0.3) is 0 Å². The van der Waals surface area contributed by atoms with Gasteiger partial charge < -0.3 is 10.5 Å². The van der Waals surface area contributed by atoms with Crippen LogP contribution in [-0.4, -0.2) is 40.0 Å². The molecular formula is C13H21BrN2O3S. The van der Waals surface area contributed by atoms with E-state index in [0.29, 0.717) is 23.3 Å². The van der Waals surface area contributed by atoms with Crippen molar-refractivity contribution in [3.05, 3.63) is 22.7 Å². The number of hydrogen-bond donors (Lipinski definition) is 1. The van der Waals surface area contributed by atoms with Crippen LogP contribution >= 0.6 is 15.9 Å². The minimum atomic E-state index is -3.57. The summed E-state index contributed by atoms with van der Waals surface area (Å²) in [5.74, 6) is 0.490. The van der Waals surface area contributed by atoms with Gasteiger partial charge in [0.05, 0.1) is 12.0 Å². The number of nitrogens with zero attached hydrogens (tertiary/aromatic N) is 1. The van der Waals surface area contributed by atoms with Crippen molar-refractivity contribution in [1.29, 1.82) is 0 Å². The molecule has 1 rings (SSSR count). The molecule has 0 spiro atoms. The zero-order chi connectivity index (χ0) is 15.6. The van der Waals surface area contributed by atoms with Crippen molar-refractivity contribution in [3.8, 4) is 5.75 Å². The average Bonchev–Trinajstić information content (AvgIpc) is 2.37. The summed E-state index contributed by atoms with van der Waals surface area (Å²) in [6.07, 6.45) is 0. The van der Waals surface area contributed by atoms with E-state index in [1.165, 1.54) is 17.5 Å². The van der Waals surface area contributed by atoms with Gasteiger partial charge in [-0.05, 0) is 24.1 Å². The van der Waals surface area contributed by atoms with Gasteiger partial charge in [0, 0.05) is 24.1 Å². The van der Waals surface area contributed by atoms with E-state index >= 15 is 0 Å². The van der Waals surface area contributed by atoms with Gasteiger partial charge in [0.15, 0.2) is 0 Å². The molecule has 0 fully saturated rings. The lowest BCUT2D eigenvalue weighted by molar-refractivity contribution is 0.292. The molecule has 1 aromatic rings. The molecule has 1 aromatic carbocycles. The lowest BCUT2D eigenvalue weighted by atomic mass is 9.94. The van der Waals surface area contributed by atoms with Gasteiger partial charge in [-0.15, -0.1) is 0 Å². The van der Waals surface area contributed by atoms with E-state index in [4.69, 9.17) is 10.5 Å². The normalized spacial score (nSPS) is 12.8. The van der Waals surface area contributed by atoms with Gasteiger partial charge >= 0.3 is 0 Å². The second-order valence-electron chi connectivity index (χ2n) is 5.46. The summed E-state index contributed by atoms with van der Waals surface area (Å²) in [4.78, 5) is 0.194. The van der Waals surface area contributed by atoms with Crippen molar-refractivity contribution in [2.75, 3.05) is 27.2 Å². The number of nitrogens with two attached hydrogens (primary N) is 1. The molecule has 0 aromatic heterocycles. The highest BCUT2D eigenvalue weighted by Gasteiger charge is 2.27. The monoisotopic (exact) mass is 364 g/mol. The van der Waals surface area contributed by atoms with Gasteiger partial charge in [-0.3, -0.25) is 0 Å². The Morgan fingerprint density at radius 1 is 1.35 bits per heavy atom. The number of ether oxygens (including phenoxy) is 1. The maximum Gasteiger partial charge on any atom is 0.243 e. The van der Waals surface area contributed by atoms with Crippen LogP contribution in [0.15, 0.2) is 27.6 Å². The predicted molar refractivity (Wildman–Crippen MR) is 83.3 cm³/mol. The topological polar surface area (TPSA) is 72.6 Å². The van der Waals surface area contributed by atoms with Crippen molar-refractivity contribution < 1.29 is 13.2 Å². The first-order chi connectivity index (χ1) is 9.12. The summed E-state index contributed by atoms with van der Waals surface area (Å²) in [7, 11) is -0.514. The number of methoxy groups -OCH3 is 1. The largest absolute Gasteiger partial charge is 0.497 e. The minimum absolute atomic E-state index is 0.194. The molecule has 5 nitrogen and oxygen atoms in total. The molecule has 0 aliphatic heterocycles. The first-order valence-electron chi connectivity index (χ1n) is 6.13. The maximum absolute atomic E-state index is 12.6. The highest BCUT2D eigenvalue weighted by Crippen LogP contribution is 2.27. The van der Waals surface area contributed by atoms with E-state index in [1.54, 1.807) is 19.2 Å². The van der Waals surface area contributed by atoms with E-state index in [2.05, 4.69) is 15.9 Å². The van der Waals surface area contributed by atoms with Gasteiger partial charge in [0.25, 0.3) is 0 Å². The van der Waals surface area contributed by atoms with Gasteiger partial charge in [-0.1, -0.05) is 29.8 Å². The van der Waals surface area contributed by atoms with Crippen molar-refractivity contribution in [2.45, 2.75) is 18.7 Å². The lowest BCUT2D eigenvalue weighted by Gasteiger charge is -2.28. The third-order valence-electron chi connectivity index (χ3n) is 2.99. The van der Waals surface area contributed by atoms with Crippen molar-refractivity contribution in [3.63, 3.8) is 0 Å². The minimum Gasteiger partial charge on any atom is -0.497 e. The number of hydrogen-bond acceptors (Lipinski definition) is 4. The fourth-order valence-electron chi connectivity index (χ4n) is 1.74. The zero-order valence-electron chi connectivity index (χ0n) is 12.2. The Hall–Kier alpha value is -0.630. The van der Waals surface area contributed by atoms with Crippen LogP contribution in [-0.2, 0) is 10.0 Å². The molecule has 0 saturated carbocycles. The smallest absolute Gasteiger partial charge is 0.243 e. The third-order valence-corrected chi connectivity index (χ3v) is 5.23. The Balaban J connectivity index is 3.13. The summed E-state index contributed by atoms with van der Waals surface area (Å²) >= 11 is 3.29. The Kier molecular flexibility index (Phi) is 5.60. The quantitative estimate of drug-likeness (QED) is 0.838. The van der Waals surface area contributed by atoms with E-state index in [0.717, 1.165) is 0 Å². The SMILES string of the molecule is COc1cc(Br)cc(S(=O)(=O)N(C)CC(C)(C)CN)c1. The number of benzene rings is 1. The molecule has 0 bridgehead atoms. The van der Waals surface area contributed by atoms with Crippen LogP contribution in [0.4, 0.5) is 0 Å². The Bertz CT molecular complexity index is 573. The average molecular weight is 365 g/mol. The third kappa shape index (κ3) is 4.18. The molecule has 0 atom stereocenters. The number of halogens is 1. The van der Waals surface area contributed by atoms with Gasteiger partial charge in [-0.2, -0.15) is 0 Å². The molecule has 0 heterocycles. The first-order valence-corrected chi connectivity index (χ1v) is 8.37. The number of sulfonamides is 1. The van der Waals surface area contributed by atoms with Crippen LogP contribution in [0.5, 0.6) is 5.75 Å². The molecule has 0 radical (unpaired) electrons. The number of rotatable bonds is 6. The van der Waals surface area contributed by atoms with Gasteiger partial charge in [0.2, 0.25) is 10.0 Å². The molecule has 7 heteroatoms. The fraction of sp³-hybridized carbons (Fsp3) is 0.538. The van der Waals surface area contributed by atoms with Crippen LogP contribution < -0.4 is 10.5 Å². The second-order valence-corrected chi connectivity index (χ2v) is 8.42. The zero-order valence-corrected chi connectivity index (χ0v) is 14.6. The molecule has 114 valence electrons. The Morgan fingerprint density at radius 2 is 1.95 bits per heavy atom. The van der Waals surface area contributed by atoms with Crippen molar-refractivity contribution >= 4 is 26.0 Å². The van der Waals surface area contributed by atoms with Gasteiger partial charge in [0.1, 0.15) is 5.75 Å². The van der Waals surface area contributed by atoms with E-state index < -0.39 is 10.0 Å². The van der Waals surface area contributed by atoms with E-state index in [1.807, 2.05) is 13.8 Å². The van der Waals surface area contributed by atoms with Crippen LogP contribution in [0.3, 0.4) is 0 Å². The molecule has 0 aliphatic carbocycles. The first kappa shape index (κ1) is 17.4. The maximum atomic E-state index is 12.6. The Morgan fingerprint density at radius 3 is 2.45 bits per heavy atom. The van der Waals surface area contributed by atoms with Crippen molar-refractivity contribution in [2.24, 2.45) is 11.1 Å². The molecule has 2 N–H and O–H groups in total. The second kappa shape index (κ2) is 6.43. The van der Waals surface area contributed by atoms with Crippen LogP contribution in [0.2, 0.25) is 0 Å². The van der Waals surface area contributed by atoms with Crippen LogP contribution in [0, 0.1) is 5.41 Å². The summed E-state index contributed by atoms with van der Waals surface area (Å²) < 4.78 is 32.2. The molecule has 20 heavy (non-hydrogen) atoms. The fourth-order valence-corrected chi connectivity index (χ4v) is 3.78. The summed E-state index contributed by atoms with van der Waals surface area (Å²) in [5, 5.41) is 0. The molecule has 0 saturated heterocycles. The lowest BCUT2D eigenvalue weighted by Crippen LogP contribution is -2.39. The summed E-state index contributed by atoms with van der Waals surface area (Å²) in [6, 6.07) is 4.78. The molecule has 0 amide bonds. The predicted octanol–water partition coefficient (Wildman–Crippen LogP) is 2.06. The highest BCUT2D eigenvalue weighted by atomic mass is 79.9. The van der Waals surface area contributed by atoms with Gasteiger partial charge in [-0.25, -0.2) is 12.7 Å². The summed E-state index contributed by atoms with van der Waals surface area (Å²) in [5.41, 5.74) is 5.38. The Labute approximate surface area is 129 Å². The van der Waals surface area contributed by atoms with Crippen LogP contribution in [0.1, 0.15) is 13.8 Å². The van der Waals surface area contributed by atoms with E-state index in [9.17, 15) is 8.42 Å². The standard InChI is InChI=1S/C13H21BrN2O3S/c1-13(2,8-15)9-16(3)20(17,18)12-6-10(14)5-11(7-12)19-4/h5-7H,8-9,15H2,1-4H3. The molecule has 0 aliphatic rings. The highest BCUT2D eigenvalue weighted by molar-refractivity contribution is 9.10. The van der Waals surface area contributed by atoms with E-state index in [-0.39, 0.29) is 10.3 Å². The molecule has 0 unspecified atom stereocenters. The molecular weight excluding hydrogens is 344 g/mol. The summed E-state index contributed by atoms with van der Waals surface area (Å²) in [6.45, 7) is 4.62. The van der Waals surface area contributed by atoms with Crippen molar-refractivity contribution in [1.82, 2.24) is 4.31 Å².